The van der Waals surface area contributed by atoms with Gasteiger partial charge in [0.1, 0.15) is 11.5 Å². The fourth-order valence-electron chi connectivity index (χ4n) is 1.76. The molecule has 0 aromatic heterocycles. The SMILES string of the molecule is CC(N)C(C)C(=O)Nc1cccc(Oc2ccccc2)c1. The summed E-state index contributed by atoms with van der Waals surface area (Å²) >= 11 is 0. The molecule has 1 amide bonds. The Bertz CT molecular complexity index is 597. The molecule has 0 fully saturated rings. The van der Waals surface area contributed by atoms with Gasteiger partial charge in [0.15, 0.2) is 0 Å². The van der Waals surface area contributed by atoms with Crippen LogP contribution in [0.1, 0.15) is 13.8 Å². The van der Waals surface area contributed by atoms with Crippen LogP contribution < -0.4 is 15.8 Å². The van der Waals surface area contributed by atoms with Crippen molar-refractivity contribution in [1.29, 1.82) is 0 Å². The van der Waals surface area contributed by atoms with Gasteiger partial charge in [-0.15, -0.1) is 0 Å². The minimum absolute atomic E-state index is 0.0955. The second-order valence-electron chi connectivity index (χ2n) is 5.08. The molecule has 0 bridgehead atoms. The largest absolute Gasteiger partial charge is 0.457 e. The van der Waals surface area contributed by atoms with Crippen LogP contribution in [0.15, 0.2) is 54.6 Å². The molecule has 4 nitrogen and oxygen atoms in total. The first kappa shape index (κ1) is 15.1. The highest BCUT2D eigenvalue weighted by molar-refractivity contribution is 5.92. The van der Waals surface area contributed by atoms with Gasteiger partial charge in [-0.3, -0.25) is 4.79 Å². The van der Waals surface area contributed by atoms with E-state index in [1.807, 2.05) is 62.4 Å². The smallest absolute Gasteiger partial charge is 0.228 e. The Labute approximate surface area is 124 Å². The van der Waals surface area contributed by atoms with Gasteiger partial charge in [-0.25, -0.2) is 0 Å². The minimum atomic E-state index is -0.247. The number of hydrogen-bond donors (Lipinski definition) is 2. The second kappa shape index (κ2) is 6.90. The molecular weight excluding hydrogens is 264 g/mol. The summed E-state index contributed by atoms with van der Waals surface area (Å²) in [6.45, 7) is 3.63. The minimum Gasteiger partial charge on any atom is -0.457 e. The Hall–Kier alpha value is -2.33. The number of carbonyl (C=O) groups is 1. The highest BCUT2D eigenvalue weighted by atomic mass is 16.5. The van der Waals surface area contributed by atoms with Crippen LogP contribution in [0, 0.1) is 5.92 Å². The average molecular weight is 284 g/mol. The molecule has 2 aromatic rings. The molecule has 0 heterocycles. The van der Waals surface area contributed by atoms with E-state index in [4.69, 9.17) is 10.5 Å². The summed E-state index contributed by atoms with van der Waals surface area (Å²) in [4.78, 5) is 12.0. The second-order valence-corrected chi connectivity index (χ2v) is 5.08. The first-order chi connectivity index (χ1) is 10.1. The van der Waals surface area contributed by atoms with Crippen LogP contribution in [0.5, 0.6) is 11.5 Å². The zero-order valence-electron chi connectivity index (χ0n) is 12.2. The number of rotatable bonds is 5. The summed E-state index contributed by atoms with van der Waals surface area (Å²) in [5, 5.41) is 2.85. The van der Waals surface area contributed by atoms with Gasteiger partial charge in [-0.05, 0) is 31.2 Å². The predicted octanol–water partition coefficient (Wildman–Crippen LogP) is 3.40. The van der Waals surface area contributed by atoms with Gasteiger partial charge in [0.25, 0.3) is 0 Å². The van der Waals surface area contributed by atoms with Crippen molar-refractivity contribution in [3.8, 4) is 11.5 Å². The van der Waals surface area contributed by atoms with E-state index in [1.54, 1.807) is 6.07 Å². The van der Waals surface area contributed by atoms with Crippen LogP contribution in [0.25, 0.3) is 0 Å². The van der Waals surface area contributed by atoms with Gasteiger partial charge in [0.05, 0.1) is 5.92 Å². The highest BCUT2D eigenvalue weighted by Gasteiger charge is 2.17. The maximum atomic E-state index is 12.0. The normalized spacial score (nSPS) is 13.3. The van der Waals surface area contributed by atoms with E-state index in [0.717, 1.165) is 5.75 Å². The summed E-state index contributed by atoms with van der Waals surface area (Å²) in [7, 11) is 0. The predicted molar refractivity (Wildman–Crippen MR) is 84.4 cm³/mol. The molecule has 2 aromatic carbocycles. The molecule has 3 N–H and O–H groups in total. The van der Waals surface area contributed by atoms with Crippen LogP contribution in [0.2, 0.25) is 0 Å². The third-order valence-electron chi connectivity index (χ3n) is 3.28. The zero-order valence-corrected chi connectivity index (χ0v) is 12.2. The molecule has 0 saturated heterocycles. The summed E-state index contributed by atoms with van der Waals surface area (Å²) in [6.07, 6.45) is 0. The van der Waals surface area contributed by atoms with Crippen LogP contribution in [-0.2, 0) is 4.79 Å². The van der Waals surface area contributed by atoms with E-state index in [0.29, 0.717) is 11.4 Å². The standard InChI is InChI=1S/C17H20N2O2/c1-12(13(2)18)17(20)19-14-7-6-10-16(11-14)21-15-8-4-3-5-9-15/h3-13H,18H2,1-2H3,(H,19,20). The number of benzene rings is 2. The fraction of sp³-hybridized carbons (Fsp3) is 0.235. The third-order valence-corrected chi connectivity index (χ3v) is 3.28. The average Bonchev–Trinajstić information content (AvgIpc) is 2.47. The van der Waals surface area contributed by atoms with Crippen LogP contribution in [0.4, 0.5) is 5.69 Å². The van der Waals surface area contributed by atoms with Gasteiger partial charge >= 0.3 is 0 Å². The van der Waals surface area contributed by atoms with Gasteiger partial charge in [0, 0.05) is 17.8 Å². The summed E-state index contributed by atoms with van der Waals surface area (Å²) < 4.78 is 5.73. The van der Waals surface area contributed by atoms with Crippen molar-refractivity contribution < 1.29 is 9.53 Å². The molecule has 0 aliphatic carbocycles. The Kier molecular flexibility index (Phi) is 4.95. The number of ether oxygens (including phenoxy) is 1. The van der Waals surface area contributed by atoms with Crippen molar-refractivity contribution in [3.05, 3.63) is 54.6 Å². The van der Waals surface area contributed by atoms with E-state index >= 15 is 0 Å². The zero-order chi connectivity index (χ0) is 15.2. The van der Waals surface area contributed by atoms with Crippen molar-refractivity contribution >= 4 is 11.6 Å². The Balaban J connectivity index is 2.06. The lowest BCUT2D eigenvalue weighted by molar-refractivity contribution is -0.119. The molecule has 110 valence electrons. The van der Waals surface area contributed by atoms with Crippen molar-refractivity contribution in [3.63, 3.8) is 0 Å². The Morgan fingerprint density at radius 2 is 1.71 bits per heavy atom. The molecule has 0 aliphatic heterocycles. The van der Waals surface area contributed by atoms with E-state index in [1.165, 1.54) is 0 Å². The molecule has 0 aliphatic rings. The lowest BCUT2D eigenvalue weighted by Gasteiger charge is -2.15. The molecule has 0 saturated carbocycles. The van der Waals surface area contributed by atoms with Crippen molar-refractivity contribution in [2.75, 3.05) is 5.32 Å². The van der Waals surface area contributed by atoms with Gasteiger partial charge in [-0.1, -0.05) is 31.2 Å². The molecule has 2 atom stereocenters. The van der Waals surface area contributed by atoms with Crippen molar-refractivity contribution in [1.82, 2.24) is 0 Å². The first-order valence-electron chi connectivity index (χ1n) is 6.95. The molecule has 2 unspecified atom stereocenters. The lowest BCUT2D eigenvalue weighted by Crippen LogP contribution is -2.34. The lowest BCUT2D eigenvalue weighted by atomic mass is 10.0. The van der Waals surface area contributed by atoms with Crippen LogP contribution in [-0.4, -0.2) is 11.9 Å². The number of carbonyl (C=O) groups excluding carboxylic acids is 1. The number of amides is 1. The van der Waals surface area contributed by atoms with Gasteiger partial charge < -0.3 is 15.8 Å². The van der Waals surface area contributed by atoms with Crippen molar-refractivity contribution in [2.45, 2.75) is 19.9 Å². The quantitative estimate of drug-likeness (QED) is 0.884. The number of hydrogen-bond acceptors (Lipinski definition) is 3. The number of anilines is 1. The third kappa shape index (κ3) is 4.33. The van der Waals surface area contributed by atoms with E-state index in [9.17, 15) is 4.79 Å². The topological polar surface area (TPSA) is 64.4 Å². The summed E-state index contributed by atoms with van der Waals surface area (Å²) in [6, 6.07) is 16.6. The monoisotopic (exact) mass is 284 g/mol. The van der Waals surface area contributed by atoms with E-state index in [-0.39, 0.29) is 17.9 Å². The molecule has 4 heteroatoms. The molecule has 2 rings (SSSR count). The first-order valence-corrected chi connectivity index (χ1v) is 6.95. The van der Waals surface area contributed by atoms with Crippen molar-refractivity contribution in [2.24, 2.45) is 11.7 Å². The Morgan fingerprint density at radius 3 is 2.38 bits per heavy atom. The molecule has 0 spiro atoms. The van der Waals surface area contributed by atoms with Crippen LogP contribution in [0.3, 0.4) is 0 Å². The van der Waals surface area contributed by atoms with E-state index < -0.39 is 0 Å². The molecule has 0 radical (unpaired) electrons. The maximum absolute atomic E-state index is 12.0. The molecule has 21 heavy (non-hydrogen) atoms. The van der Waals surface area contributed by atoms with Gasteiger partial charge in [0.2, 0.25) is 5.91 Å². The maximum Gasteiger partial charge on any atom is 0.228 e. The number of para-hydroxylation sites is 1. The summed E-state index contributed by atoms with van der Waals surface area (Å²) in [5.74, 6) is 1.09. The number of nitrogens with one attached hydrogen (secondary N) is 1. The molecular formula is C17H20N2O2. The van der Waals surface area contributed by atoms with E-state index in [2.05, 4.69) is 5.32 Å². The number of nitrogens with two attached hydrogens (primary N) is 1. The van der Waals surface area contributed by atoms with Gasteiger partial charge in [-0.2, -0.15) is 0 Å². The Morgan fingerprint density at radius 1 is 1.05 bits per heavy atom. The summed E-state index contributed by atoms with van der Waals surface area (Å²) in [5.41, 5.74) is 6.43. The fourth-order valence-corrected chi connectivity index (χ4v) is 1.76. The van der Waals surface area contributed by atoms with Crippen LogP contribution >= 0.6 is 0 Å². The highest BCUT2D eigenvalue weighted by Crippen LogP contribution is 2.24.